The summed E-state index contributed by atoms with van der Waals surface area (Å²) in [6.45, 7) is 2.65. The number of aliphatic hydroxyl groups excluding tert-OH is 1. The molecule has 4 aromatic rings. The molecule has 8 nitrogen and oxygen atoms in total. The summed E-state index contributed by atoms with van der Waals surface area (Å²) in [6.07, 6.45) is 3.79. The lowest BCUT2D eigenvalue weighted by Crippen LogP contribution is -2.39. The van der Waals surface area contributed by atoms with E-state index in [2.05, 4.69) is 15.3 Å². The van der Waals surface area contributed by atoms with Crippen molar-refractivity contribution in [3.05, 3.63) is 74.9 Å². The Morgan fingerprint density at radius 2 is 2.06 bits per heavy atom. The third kappa shape index (κ3) is 4.06. The third-order valence-electron chi connectivity index (χ3n) is 6.26. The van der Waals surface area contributed by atoms with Crippen LogP contribution in [0.1, 0.15) is 29.2 Å². The van der Waals surface area contributed by atoms with Crippen molar-refractivity contribution in [2.24, 2.45) is 7.05 Å². The number of benzene rings is 2. The quantitative estimate of drug-likeness (QED) is 0.497. The summed E-state index contributed by atoms with van der Waals surface area (Å²) in [5.41, 5.74) is 5.04. The van der Waals surface area contributed by atoms with Gasteiger partial charge in [0, 0.05) is 19.2 Å². The van der Waals surface area contributed by atoms with Crippen molar-refractivity contribution in [3.8, 4) is 11.3 Å². The van der Waals surface area contributed by atoms with Crippen molar-refractivity contribution in [2.45, 2.75) is 31.9 Å². The third-order valence-corrected chi connectivity index (χ3v) is 6.73. The van der Waals surface area contributed by atoms with E-state index in [1.165, 1.54) is 10.9 Å². The number of halogens is 1. The van der Waals surface area contributed by atoms with E-state index in [-0.39, 0.29) is 18.2 Å². The number of rotatable bonds is 4. The van der Waals surface area contributed by atoms with Crippen LogP contribution >= 0.6 is 11.6 Å². The van der Waals surface area contributed by atoms with Gasteiger partial charge in [-0.15, -0.1) is 5.10 Å². The molecule has 1 N–H and O–H groups in total. The van der Waals surface area contributed by atoms with Crippen molar-refractivity contribution >= 4 is 22.5 Å². The van der Waals surface area contributed by atoms with Gasteiger partial charge in [-0.25, -0.2) is 4.98 Å². The molecule has 1 aliphatic rings. The van der Waals surface area contributed by atoms with Crippen LogP contribution < -0.4 is 5.56 Å². The Morgan fingerprint density at radius 1 is 1.27 bits per heavy atom. The van der Waals surface area contributed by atoms with Crippen LogP contribution in [0.5, 0.6) is 0 Å². The summed E-state index contributed by atoms with van der Waals surface area (Å²) >= 11 is 6.65. The summed E-state index contributed by atoms with van der Waals surface area (Å²) in [7, 11) is 1.84. The molecule has 33 heavy (non-hydrogen) atoms. The molecule has 0 unspecified atom stereocenters. The van der Waals surface area contributed by atoms with E-state index in [1.54, 1.807) is 4.68 Å². The van der Waals surface area contributed by atoms with E-state index < -0.39 is 6.10 Å². The Morgan fingerprint density at radius 3 is 2.76 bits per heavy atom. The minimum absolute atomic E-state index is 0.202. The lowest BCUT2D eigenvalue weighted by atomic mass is 9.97. The number of ether oxygens (including phenoxy) is 1. The lowest BCUT2D eigenvalue weighted by molar-refractivity contribution is -0.0395. The second-order valence-electron chi connectivity index (χ2n) is 8.48. The number of hydrogen-bond donors (Lipinski definition) is 1. The zero-order valence-electron chi connectivity index (χ0n) is 18.4. The Hall–Kier alpha value is -3.07. The highest BCUT2D eigenvalue weighted by Gasteiger charge is 2.27. The fourth-order valence-corrected chi connectivity index (χ4v) is 4.61. The maximum absolute atomic E-state index is 13.3. The molecule has 1 aliphatic heterocycles. The average molecular weight is 466 g/mol. The van der Waals surface area contributed by atoms with E-state index in [4.69, 9.17) is 16.3 Å². The van der Waals surface area contributed by atoms with Gasteiger partial charge >= 0.3 is 0 Å². The van der Waals surface area contributed by atoms with Crippen molar-refractivity contribution in [2.75, 3.05) is 13.2 Å². The molecule has 170 valence electrons. The second kappa shape index (κ2) is 8.70. The van der Waals surface area contributed by atoms with Gasteiger partial charge in [0.05, 0.1) is 47.2 Å². The zero-order chi connectivity index (χ0) is 23.1. The Balaban J connectivity index is 1.51. The van der Waals surface area contributed by atoms with E-state index in [0.29, 0.717) is 35.4 Å². The summed E-state index contributed by atoms with van der Waals surface area (Å²) in [4.78, 5) is 17.8. The Kier molecular flexibility index (Phi) is 5.74. The fraction of sp³-hybridized carbons (Fsp3) is 0.333. The van der Waals surface area contributed by atoms with Gasteiger partial charge in [0.1, 0.15) is 5.69 Å². The lowest BCUT2D eigenvalue weighted by Gasteiger charge is -2.29. The van der Waals surface area contributed by atoms with Gasteiger partial charge in [-0.3, -0.25) is 14.0 Å². The monoisotopic (exact) mass is 465 g/mol. The first kappa shape index (κ1) is 21.8. The molecule has 1 saturated heterocycles. The predicted octanol–water partition coefficient (Wildman–Crippen LogP) is 3.07. The van der Waals surface area contributed by atoms with Gasteiger partial charge in [0.2, 0.25) is 0 Å². The van der Waals surface area contributed by atoms with E-state index in [1.807, 2.05) is 50.5 Å². The van der Waals surface area contributed by atoms with Gasteiger partial charge in [-0.2, -0.15) is 0 Å². The van der Waals surface area contributed by atoms with Crippen LogP contribution in [0.3, 0.4) is 0 Å². The molecule has 0 aliphatic carbocycles. The number of aromatic nitrogens is 5. The van der Waals surface area contributed by atoms with E-state index >= 15 is 0 Å². The molecular formula is C24H24ClN5O3. The minimum Gasteiger partial charge on any atom is -0.389 e. The van der Waals surface area contributed by atoms with E-state index in [0.717, 1.165) is 27.9 Å². The van der Waals surface area contributed by atoms with Gasteiger partial charge < -0.3 is 9.84 Å². The fourth-order valence-electron chi connectivity index (χ4n) is 4.34. The van der Waals surface area contributed by atoms with Crippen LogP contribution in [-0.2, 0) is 18.2 Å². The van der Waals surface area contributed by atoms with Crippen molar-refractivity contribution < 1.29 is 9.84 Å². The first-order chi connectivity index (χ1) is 15.9. The normalized spacial score (nSPS) is 18.7. The largest absolute Gasteiger partial charge is 0.389 e. The average Bonchev–Trinajstić information content (AvgIpc) is 3.25. The summed E-state index contributed by atoms with van der Waals surface area (Å²) in [5, 5.41) is 19.4. The van der Waals surface area contributed by atoms with Crippen LogP contribution in [0.25, 0.3) is 22.2 Å². The highest BCUT2D eigenvalue weighted by molar-refractivity contribution is 6.35. The van der Waals surface area contributed by atoms with Crippen LogP contribution in [-0.4, -0.2) is 49.0 Å². The van der Waals surface area contributed by atoms with Crippen LogP contribution in [0, 0.1) is 6.92 Å². The number of hydrogen-bond acceptors (Lipinski definition) is 6. The van der Waals surface area contributed by atoms with Gasteiger partial charge in [-0.05, 0) is 42.5 Å². The van der Waals surface area contributed by atoms with Crippen molar-refractivity contribution in [1.82, 2.24) is 24.5 Å². The van der Waals surface area contributed by atoms with Crippen LogP contribution in [0.15, 0.2) is 47.7 Å². The molecule has 2 atom stereocenters. The number of aryl methyl sites for hydroxylation is 1. The first-order valence-electron chi connectivity index (χ1n) is 10.8. The molecule has 1 fully saturated rings. The number of fused-ring (bicyclic) bond motifs is 1. The molecule has 0 amide bonds. The van der Waals surface area contributed by atoms with E-state index in [9.17, 15) is 9.90 Å². The molecule has 5 rings (SSSR count). The SMILES string of the molecule is Cc1c(Cc2ccc(-c3cn(C)nn3)cc2)cc2c(=O)n([C@H]3CCOC[C@@H]3O)cnc2c1Cl. The van der Waals surface area contributed by atoms with Gasteiger partial charge in [-0.1, -0.05) is 41.1 Å². The van der Waals surface area contributed by atoms with Crippen LogP contribution in [0.2, 0.25) is 5.02 Å². The predicted molar refractivity (Wildman–Crippen MR) is 125 cm³/mol. The molecule has 3 heterocycles. The molecular weight excluding hydrogens is 442 g/mol. The molecule has 0 saturated carbocycles. The maximum Gasteiger partial charge on any atom is 0.261 e. The highest BCUT2D eigenvalue weighted by atomic mass is 35.5. The smallest absolute Gasteiger partial charge is 0.261 e. The standard InChI is InChI=1S/C24H24ClN5O3/c1-14-17(9-15-3-5-16(6-4-15)19-11-29(2)28-27-19)10-18-23(22(14)25)26-13-30(24(18)32)20-7-8-33-12-21(20)31/h3-6,10-11,13,20-21,31H,7-9,12H2,1-2H3/t20-,21-/m0/s1. The summed E-state index contributed by atoms with van der Waals surface area (Å²) in [5.74, 6) is 0. The molecule has 0 spiro atoms. The second-order valence-corrected chi connectivity index (χ2v) is 8.86. The highest BCUT2D eigenvalue weighted by Crippen LogP contribution is 2.30. The maximum atomic E-state index is 13.3. The zero-order valence-corrected chi connectivity index (χ0v) is 19.2. The molecule has 2 aromatic heterocycles. The number of nitrogens with zero attached hydrogens (tertiary/aromatic N) is 5. The molecule has 0 bridgehead atoms. The van der Waals surface area contributed by atoms with Gasteiger partial charge in [0.15, 0.2) is 0 Å². The first-order valence-corrected chi connectivity index (χ1v) is 11.2. The van der Waals surface area contributed by atoms with Gasteiger partial charge in [0.25, 0.3) is 5.56 Å². The van der Waals surface area contributed by atoms with Crippen LogP contribution in [0.4, 0.5) is 0 Å². The van der Waals surface area contributed by atoms with Crippen molar-refractivity contribution in [1.29, 1.82) is 0 Å². The van der Waals surface area contributed by atoms with Crippen molar-refractivity contribution in [3.63, 3.8) is 0 Å². The topological polar surface area (TPSA) is 95.1 Å². The summed E-state index contributed by atoms with van der Waals surface area (Å²) < 4.78 is 8.49. The Bertz CT molecular complexity index is 1380. The minimum atomic E-state index is -0.746. The Labute approximate surface area is 195 Å². The molecule has 0 radical (unpaired) electrons. The molecule has 9 heteroatoms. The molecule has 2 aromatic carbocycles. The summed E-state index contributed by atoms with van der Waals surface area (Å²) in [6, 6.07) is 9.63. The number of aliphatic hydroxyl groups is 1.